The second-order valence-corrected chi connectivity index (χ2v) is 4.25. The molecule has 0 fully saturated rings. The van der Waals surface area contributed by atoms with E-state index in [9.17, 15) is 5.11 Å². The Bertz CT molecular complexity index is 627. The van der Waals surface area contributed by atoms with E-state index in [0.29, 0.717) is 12.3 Å². The number of benzene rings is 2. The molecule has 0 spiro atoms. The first-order valence-electron chi connectivity index (χ1n) is 5.93. The molecule has 0 atom stereocenters. The average molecular weight is 235 g/mol. The van der Waals surface area contributed by atoms with Crippen LogP contribution in [0.1, 0.15) is 11.1 Å². The summed E-state index contributed by atoms with van der Waals surface area (Å²) in [5.74, 6) is 0.313. The van der Waals surface area contributed by atoms with Crippen molar-refractivity contribution in [2.75, 3.05) is 6.54 Å². The van der Waals surface area contributed by atoms with Crippen molar-refractivity contribution in [1.29, 1.82) is 0 Å². The third-order valence-corrected chi connectivity index (χ3v) is 3.05. The number of aliphatic imine (C=N–C) groups is 1. The molecule has 0 aromatic heterocycles. The van der Waals surface area contributed by atoms with Crippen molar-refractivity contribution in [3.8, 4) is 5.75 Å². The Balaban J connectivity index is 1.94. The highest BCUT2D eigenvalue weighted by atomic mass is 16.3. The molecule has 0 saturated heterocycles. The number of hydrogen-bond acceptors (Lipinski definition) is 2. The quantitative estimate of drug-likeness (QED) is 0.851. The van der Waals surface area contributed by atoms with Gasteiger partial charge in [0.15, 0.2) is 0 Å². The van der Waals surface area contributed by atoms with Crippen LogP contribution >= 0.6 is 0 Å². The van der Waals surface area contributed by atoms with E-state index in [1.807, 2.05) is 54.6 Å². The van der Waals surface area contributed by atoms with Gasteiger partial charge in [-0.15, -0.1) is 0 Å². The van der Waals surface area contributed by atoms with Crippen LogP contribution in [0.15, 0.2) is 65.7 Å². The molecule has 1 N–H and O–H groups in total. The summed E-state index contributed by atoms with van der Waals surface area (Å²) in [5, 5.41) is 9.84. The van der Waals surface area contributed by atoms with E-state index in [-0.39, 0.29) is 0 Å². The largest absolute Gasteiger partial charge is 0.507 e. The minimum atomic E-state index is 0.313. The first-order valence-corrected chi connectivity index (χ1v) is 5.93. The monoisotopic (exact) mass is 235 g/mol. The van der Waals surface area contributed by atoms with Gasteiger partial charge in [0.2, 0.25) is 0 Å². The van der Waals surface area contributed by atoms with Crippen LogP contribution in [-0.2, 0) is 0 Å². The lowest BCUT2D eigenvalue weighted by Crippen LogP contribution is -1.92. The maximum Gasteiger partial charge on any atom is 0.123 e. The SMILES string of the molecule is Oc1ccccc1C1=CC(c2ccccc2)=NC1. The Morgan fingerprint density at radius 2 is 1.61 bits per heavy atom. The zero-order valence-corrected chi connectivity index (χ0v) is 9.88. The number of phenolic OH excluding ortho intramolecular Hbond substituents is 1. The van der Waals surface area contributed by atoms with E-state index in [1.165, 1.54) is 0 Å². The third-order valence-electron chi connectivity index (χ3n) is 3.05. The molecule has 0 aliphatic carbocycles. The summed E-state index contributed by atoms with van der Waals surface area (Å²) in [6.45, 7) is 0.627. The van der Waals surface area contributed by atoms with E-state index in [4.69, 9.17) is 0 Å². The van der Waals surface area contributed by atoms with Gasteiger partial charge in [0.1, 0.15) is 5.75 Å². The molecule has 0 saturated carbocycles. The highest BCUT2D eigenvalue weighted by molar-refractivity contribution is 6.15. The van der Waals surface area contributed by atoms with Crippen molar-refractivity contribution < 1.29 is 5.11 Å². The molecule has 2 aromatic carbocycles. The fraction of sp³-hybridized carbons (Fsp3) is 0.0625. The van der Waals surface area contributed by atoms with E-state index >= 15 is 0 Å². The van der Waals surface area contributed by atoms with Crippen molar-refractivity contribution in [3.05, 3.63) is 71.8 Å². The van der Waals surface area contributed by atoms with Gasteiger partial charge < -0.3 is 5.11 Å². The summed E-state index contributed by atoms with van der Waals surface area (Å²) in [7, 11) is 0. The lowest BCUT2D eigenvalue weighted by molar-refractivity contribution is 0.473. The Morgan fingerprint density at radius 1 is 0.889 bits per heavy atom. The Morgan fingerprint density at radius 3 is 2.39 bits per heavy atom. The standard InChI is InChI=1S/C16H13NO/c18-16-9-5-4-8-14(16)13-10-15(17-11-13)12-6-2-1-3-7-12/h1-10,18H,11H2. The number of allylic oxidation sites excluding steroid dienone is 1. The fourth-order valence-corrected chi connectivity index (χ4v) is 2.12. The minimum absolute atomic E-state index is 0.313. The number of phenols is 1. The summed E-state index contributed by atoms with van der Waals surface area (Å²) < 4.78 is 0. The molecule has 1 aliphatic heterocycles. The van der Waals surface area contributed by atoms with Gasteiger partial charge in [-0.05, 0) is 23.3 Å². The van der Waals surface area contributed by atoms with Crippen molar-refractivity contribution in [1.82, 2.24) is 0 Å². The van der Waals surface area contributed by atoms with Crippen molar-refractivity contribution >= 4 is 11.3 Å². The predicted molar refractivity (Wildman–Crippen MR) is 73.9 cm³/mol. The molecule has 0 radical (unpaired) electrons. The number of para-hydroxylation sites is 1. The highest BCUT2D eigenvalue weighted by Crippen LogP contribution is 2.28. The van der Waals surface area contributed by atoms with Gasteiger partial charge in [-0.1, -0.05) is 48.5 Å². The first kappa shape index (κ1) is 10.8. The zero-order chi connectivity index (χ0) is 12.4. The predicted octanol–water partition coefficient (Wildman–Crippen LogP) is 3.28. The maximum atomic E-state index is 9.84. The topological polar surface area (TPSA) is 32.6 Å². The molecule has 1 heterocycles. The van der Waals surface area contributed by atoms with E-state index < -0.39 is 0 Å². The van der Waals surface area contributed by atoms with E-state index in [2.05, 4.69) is 4.99 Å². The van der Waals surface area contributed by atoms with Gasteiger partial charge in [-0.3, -0.25) is 4.99 Å². The van der Waals surface area contributed by atoms with Gasteiger partial charge >= 0.3 is 0 Å². The van der Waals surface area contributed by atoms with Crippen molar-refractivity contribution in [3.63, 3.8) is 0 Å². The molecule has 0 bridgehead atoms. The number of hydrogen-bond donors (Lipinski definition) is 1. The van der Waals surface area contributed by atoms with E-state index in [1.54, 1.807) is 6.07 Å². The molecule has 2 nitrogen and oxygen atoms in total. The molecule has 88 valence electrons. The second-order valence-electron chi connectivity index (χ2n) is 4.25. The van der Waals surface area contributed by atoms with Crippen LogP contribution in [-0.4, -0.2) is 17.4 Å². The maximum absolute atomic E-state index is 9.84. The summed E-state index contributed by atoms with van der Waals surface area (Å²) in [6, 6.07) is 17.5. The molecule has 1 aliphatic rings. The number of rotatable bonds is 2. The van der Waals surface area contributed by atoms with Crippen LogP contribution in [0, 0.1) is 0 Å². The minimum Gasteiger partial charge on any atom is -0.507 e. The van der Waals surface area contributed by atoms with Crippen LogP contribution in [0.4, 0.5) is 0 Å². The van der Waals surface area contributed by atoms with Gasteiger partial charge in [-0.2, -0.15) is 0 Å². The van der Waals surface area contributed by atoms with Crippen LogP contribution in [0.3, 0.4) is 0 Å². The van der Waals surface area contributed by atoms with Crippen LogP contribution in [0.25, 0.3) is 5.57 Å². The van der Waals surface area contributed by atoms with Crippen LogP contribution in [0.2, 0.25) is 0 Å². The average Bonchev–Trinajstić information content (AvgIpc) is 2.90. The Kier molecular flexibility index (Phi) is 2.69. The number of aromatic hydroxyl groups is 1. The lowest BCUT2D eigenvalue weighted by Gasteiger charge is -2.03. The van der Waals surface area contributed by atoms with Gasteiger partial charge in [-0.25, -0.2) is 0 Å². The molecule has 0 amide bonds. The molecule has 2 heteroatoms. The summed E-state index contributed by atoms with van der Waals surface area (Å²) in [4.78, 5) is 4.52. The lowest BCUT2D eigenvalue weighted by atomic mass is 10.0. The Labute approximate surface area is 106 Å². The molecule has 3 rings (SSSR count). The molecular formula is C16H13NO. The smallest absolute Gasteiger partial charge is 0.123 e. The van der Waals surface area contributed by atoms with Gasteiger partial charge in [0.05, 0.1) is 12.3 Å². The summed E-state index contributed by atoms with van der Waals surface area (Å²) in [5.41, 5.74) is 4.02. The summed E-state index contributed by atoms with van der Waals surface area (Å²) in [6.07, 6.45) is 2.05. The summed E-state index contributed by atoms with van der Waals surface area (Å²) >= 11 is 0. The molecule has 2 aromatic rings. The second kappa shape index (κ2) is 4.49. The highest BCUT2D eigenvalue weighted by Gasteiger charge is 2.13. The van der Waals surface area contributed by atoms with Gasteiger partial charge in [0, 0.05) is 5.56 Å². The normalized spacial score (nSPS) is 14.2. The van der Waals surface area contributed by atoms with E-state index in [0.717, 1.165) is 22.4 Å². The number of nitrogens with zero attached hydrogens (tertiary/aromatic N) is 1. The molecular weight excluding hydrogens is 222 g/mol. The Hall–Kier alpha value is -2.35. The fourth-order valence-electron chi connectivity index (χ4n) is 2.12. The van der Waals surface area contributed by atoms with Gasteiger partial charge in [0.25, 0.3) is 0 Å². The van der Waals surface area contributed by atoms with Crippen LogP contribution < -0.4 is 0 Å². The first-order chi connectivity index (χ1) is 8.84. The zero-order valence-electron chi connectivity index (χ0n) is 9.88. The van der Waals surface area contributed by atoms with Crippen molar-refractivity contribution in [2.24, 2.45) is 4.99 Å². The molecule has 18 heavy (non-hydrogen) atoms. The van der Waals surface area contributed by atoms with Crippen molar-refractivity contribution in [2.45, 2.75) is 0 Å². The third kappa shape index (κ3) is 1.93. The molecule has 0 unspecified atom stereocenters. The van der Waals surface area contributed by atoms with Crippen LogP contribution in [0.5, 0.6) is 5.75 Å².